The molecule has 2 aliphatic heterocycles. The Labute approximate surface area is 128 Å². The van der Waals surface area contributed by atoms with Gasteiger partial charge in [0.25, 0.3) is 5.91 Å². The van der Waals surface area contributed by atoms with Gasteiger partial charge >= 0.3 is 0 Å². The van der Waals surface area contributed by atoms with Gasteiger partial charge < -0.3 is 15.1 Å². The van der Waals surface area contributed by atoms with E-state index < -0.39 is 0 Å². The van der Waals surface area contributed by atoms with Crippen LogP contribution >= 0.6 is 11.3 Å². The van der Waals surface area contributed by atoms with Gasteiger partial charge in [0.05, 0.1) is 11.6 Å². The first-order valence-electron chi connectivity index (χ1n) is 7.59. The SMILES string of the molecule is O=C(c1ccsc1)N1CCCN(C(=O)C2CCCN2)CC1. The van der Waals surface area contributed by atoms with Crippen LogP contribution in [0.1, 0.15) is 29.6 Å². The van der Waals surface area contributed by atoms with Crippen LogP contribution < -0.4 is 5.32 Å². The highest BCUT2D eigenvalue weighted by atomic mass is 32.1. The Morgan fingerprint density at radius 2 is 1.95 bits per heavy atom. The molecule has 2 fully saturated rings. The first-order valence-corrected chi connectivity index (χ1v) is 8.53. The largest absolute Gasteiger partial charge is 0.340 e. The Morgan fingerprint density at radius 1 is 1.14 bits per heavy atom. The van der Waals surface area contributed by atoms with Gasteiger partial charge in [-0.2, -0.15) is 11.3 Å². The monoisotopic (exact) mass is 307 g/mol. The van der Waals surface area contributed by atoms with E-state index in [1.54, 1.807) is 0 Å². The number of rotatable bonds is 2. The minimum absolute atomic E-state index is 0.0101. The Morgan fingerprint density at radius 3 is 2.67 bits per heavy atom. The fraction of sp³-hybridized carbons (Fsp3) is 0.600. The zero-order valence-corrected chi connectivity index (χ0v) is 12.9. The van der Waals surface area contributed by atoms with E-state index in [0.29, 0.717) is 13.1 Å². The number of carbonyl (C=O) groups is 2. The molecule has 3 heterocycles. The Bertz CT molecular complexity index is 497. The fourth-order valence-electron chi connectivity index (χ4n) is 3.03. The number of nitrogens with zero attached hydrogens (tertiary/aromatic N) is 2. The van der Waals surface area contributed by atoms with Gasteiger partial charge in [-0.3, -0.25) is 9.59 Å². The number of amides is 2. The summed E-state index contributed by atoms with van der Waals surface area (Å²) in [5, 5.41) is 7.07. The molecule has 0 aliphatic carbocycles. The summed E-state index contributed by atoms with van der Waals surface area (Å²) in [4.78, 5) is 28.6. The molecule has 1 unspecified atom stereocenters. The third-order valence-corrected chi connectivity index (χ3v) is 4.90. The smallest absolute Gasteiger partial charge is 0.254 e. The van der Waals surface area contributed by atoms with E-state index in [2.05, 4.69) is 5.32 Å². The molecule has 2 aliphatic rings. The van der Waals surface area contributed by atoms with Crippen molar-refractivity contribution < 1.29 is 9.59 Å². The molecule has 1 aromatic heterocycles. The summed E-state index contributed by atoms with van der Waals surface area (Å²) in [6.07, 6.45) is 2.87. The first-order chi connectivity index (χ1) is 10.3. The van der Waals surface area contributed by atoms with E-state index in [1.807, 2.05) is 26.6 Å². The van der Waals surface area contributed by atoms with Gasteiger partial charge in [-0.05, 0) is 37.3 Å². The maximum absolute atomic E-state index is 12.4. The van der Waals surface area contributed by atoms with Crippen LogP contribution in [0.5, 0.6) is 0 Å². The molecule has 2 saturated heterocycles. The summed E-state index contributed by atoms with van der Waals surface area (Å²) < 4.78 is 0. The van der Waals surface area contributed by atoms with Crippen molar-refractivity contribution in [2.45, 2.75) is 25.3 Å². The van der Waals surface area contributed by atoms with Crippen LogP contribution in [0.15, 0.2) is 16.8 Å². The summed E-state index contributed by atoms with van der Waals surface area (Å²) in [5.41, 5.74) is 0.761. The molecule has 0 saturated carbocycles. The first kappa shape index (κ1) is 14.5. The minimum atomic E-state index is -0.0101. The fourth-order valence-corrected chi connectivity index (χ4v) is 3.66. The predicted octanol–water partition coefficient (Wildman–Crippen LogP) is 1.17. The van der Waals surface area contributed by atoms with Crippen LogP contribution in [-0.2, 0) is 4.79 Å². The Kier molecular flexibility index (Phi) is 4.55. The quantitative estimate of drug-likeness (QED) is 0.892. The highest BCUT2D eigenvalue weighted by Gasteiger charge is 2.29. The highest BCUT2D eigenvalue weighted by molar-refractivity contribution is 7.08. The molecule has 0 spiro atoms. The molecular weight excluding hydrogens is 286 g/mol. The lowest BCUT2D eigenvalue weighted by atomic mass is 10.2. The topological polar surface area (TPSA) is 52.7 Å². The molecule has 3 rings (SSSR count). The van der Waals surface area contributed by atoms with Crippen LogP contribution in [0.2, 0.25) is 0 Å². The van der Waals surface area contributed by atoms with Crippen molar-refractivity contribution >= 4 is 23.2 Å². The van der Waals surface area contributed by atoms with Gasteiger partial charge in [0, 0.05) is 31.6 Å². The number of carbonyl (C=O) groups excluding carboxylic acids is 2. The molecule has 5 nitrogen and oxygen atoms in total. The maximum Gasteiger partial charge on any atom is 0.254 e. The molecule has 0 radical (unpaired) electrons. The standard InChI is InChI=1S/C15H21N3O2S/c19-14(12-4-10-21-11-12)17-6-2-7-18(9-8-17)15(20)13-3-1-5-16-13/h4,10-11,13,16H,1-3,5-9H2. The van der Waals surface area contributed by atoms with E-state index in [4.69, 9.17) is 0 Å². The van der Waals surface area contributed by atoms with E-state index in [1.165, 1.54) is 11.3 Å². The van der Waals surface area contributed by atoms with Gasteiger partial charge in [-0.25, -0.2) is 0 Å². The number of nitrogens with one attached hydrogen (secondary N) is 1. The van der Waals surface area contributed by atoms with Crippen molar-refractivity contribution in [1.29, 1.82) is 0 Å². The maximum atomic E-state index is 12.4. The zero-order chi connectivity index (χ0) is 14.7. The van der Waals surface area contributed by atoms with Gasteiger partial charge in [-0.15, -0.1) is 0 Å². The van der Waals surface area contributed by atoms with Crippen molar-refractivity contribution in [2.75, 3.05) is 32.7 Å². The van der Waals surface area contributed by atoms with Gasteiger partial charge in [0.15, 0.2) is 0 Å². The predicted molar refractivity (Wildman–Crippen MR) is 82.4 cm³/mol. The van der Waals surface area contributed by atoms with E-state index >= 15 is 0 Å². The normalized spacial score (nSPS) is 23.1. The second kappa shape index (κ2) is 6.58. The van der Waals surface area contributed by atoms with E-state index in [9.17, 15) is 9.59 Å². The molecule has 0 aromatic carbocycles. The molecule has 1 aromatic rings. The van der Waals surface area contributed by atoms with Crippen molar-refractivity contribution in [2.24, 2.45) is 0 Å². The van der Waals surface area contributed by atoms with Crippen molar-refractivity contribution in [3.8, 4) is 0 Å². The van der Waals surface area contributed by atoms with E-state index in [-0.39, 0.29) is 17.9 Å². The lowest BCUT2D eigenvalue weighted by Crippen LogP contribution is -2.45. The minimum Gasteiger partial charge on any atom is -0.340 e. The second-order valence-electron chi connectivity index (χ2n) is 5.63. The van der Waals surface area contributed by atoms with Crippen LogP contribution in [-0.4, -0.2) is 60.4 Å². The molecular formula is C15H21N3O2S. The van der Waals surface area contributed by atoms with Crippen LogP contribution in [0.3, 0.4) is 0 Å². The summed E-state index contributed by atoms with van der Waals surface area (Å²) in [6.45, 7) is 3.70. The van der Waals surface area contributed by atoms with Crippen LogP contribution in [0.4, 0.5) is 0 Å². The molecule has 114 valence electrons. The average Bonchev–Trinajstić information content (AvgIpc) is 3.15. The molecule has 6 heteroatoms. The summed E-state index contributed by atoms with van der Waals surface area (Å²) in [6, 6.07) is 1.85. The molecule has 2 amide bonds. The van der Waals surface area contributed by atoms with Gasteiger partial charge in [-0.1, -0.05) is 0 Å². The average molecular weight is 307 g/mol. The second-order valence-corrected chi connectivity index (χ2v) is 6.41. The van der Waals surface area contributed by atoms with Crippen molar-refractivity contribution in [1.82, 2.24) is 15.1 Å². The third kappa shape index (κ3) is 3.27. The van der Waals surface area contributed by atoms with Gasteiger partial charge in [0.1, 0.15) is 0 Å². The Hall–Kier alpha value is -1.40. The third-order valence-electron chi connectivity index (χ3n) is 4.22. The van der Waals surface area contributed by atoms with Crippen molar-refractivity contribution in [3.63, 3.8) is 0 Å². The number of hydrogen-bond acceptors (Lipinski definition) is 4. The van der Waals surface area contributed by atoms with E-state index in [0.717, 1.165) is 44.5 Å². The number of thiophene rings is 1. The van der Waals surface area contributed by atoms with Crippen molar-refractivity contribution in [3.05, 3.63) is 22.4 Å². The summed E-state index contributed by atoms with van der Waals surface area (Å²) in [5.74, 6) is 0.293. The van der Waals surface area contributed by atoms with Crippen LogP contribution in [0, 0.1) is 0 Å². The summed E-state index contributed by atoms with van der Waals surface area (Å²) >= 11 is 1.54. The zero-order valence-electron chi connectivity index (χ0n) is 12.1. The van der Waals surface area contributed by atoms with Crippen LogP contribution in [0.25, 0.3) is 0 Å². The molecule has 21 heavy (non-hydrogen) atoms. The molecule has 0 bridgehead atoms. The highest BCUT2D eigenvalue weighted by Crippen LogP contribution is 2.14. The summed E-state index contributed by atoms with van der Waals surface area (Å²) in [7, 11) is 0. The van der Waals surface area contributed by atoms with Gasteiger partial charge in [0.2, 0.25) is 5.91 Å². The number of hydrogen-bond donors (Lipinski definition) is 1. The lowest BCUT2D eigenvalue weighted by Gasteiger charge is -2.24. The Balaban J connectivity index is 1.59. The molecule has 1 atom stereocenters. The lowest BCUT2D eigenvalue weighted by molar-refractivity contribution is -0.132. The molecule has 1 N–H and O–H groups in total.